The van der Waals surface area contributed by atoms with E-state index in [1.54, 1.807) is 0 Å². The van der Waals surface area contributed by atoms with E-state index in [0.29, 0.717) is 0 Å². The van der Waals surface area contributed by atoms with Crippen molar-refractivity contribution in [1.29, 1.82) is 5.41 Å². The number of nitrogens with two attached hydrogens (primary N) is 3. The number of aliphatic imine (C=N–C) groups is 1. The Kier molecular flexibility index (Phi) is 9.03. The first-order valence-corrected chi connectivity index (χ1v) is 7.10. The van der Waals surface area contributed by atoms with Gasteiger partial charge in [-0.25, -0.2) is 9.38 Å². The summed E-state index contributed by atoms with van der Waals surface area (Å²) >= 11 is 4.39. The van der Waals surface area contributed by atoms with Gasteiger partial charge in [0.2, 0.25) is 5.84 Å². The van der Waals surface area contributed by atoms with Crippen LogP contribution in [-0.4, -0.2) is 29.0 Å². The normalized spacial score (nSPS) is 13.7. The van der Waals surface area contributed by atoms with E-state index in [1.165, 1.54) is 0 Å². The Labute approximate surface area is 154 Å². The molecule has 13 heteroatoms. The van der Waals surface area contributed by atoms with E-state index in [0.717, 1.165) is 36.4 Å². The molecule has 1 aromatic rings. The summed E-state index contributed by atoms with van der Waals surface area (Å²) in [5.74, 6) is -2.85. The maximum absolute atomic E-state index is 12.3. The van der Waals surface area contributed by atoms with Gasteiger partial charge in [0.05, 0.1) is 4.99 Å². The molecule has 1 atom stereocenters. The molecule has 0 saturated heterocycles. The predicted molar refractivity (Wildman–Crippen MR) is 90.7 cm³/mol. The number of amidine groups is 2. The SMILES string of the molecule is N=C(/C=C\C(N)=S)N=C(N)C(F)(F)F.N[C@H](c1ccc(F)cc1)C(F)(F)F. The lowest BCUT2D eigenvalue weighted by Gasteiger charge is -2.15. The van der Waals surface area contributed by atoms with Crippen LogP contribution in [-0.2, 0) is 0 Å². The van der Waals surface area contributed by atoms with E-state index in [9.17, 15) is 30.7 Å². The second-order valence-electron chi connectivity index (χ2n) is 4.69. The van der Waals surface area contributed by atoms with Crippen molar-refractivity contribution in [3.63, 3.8) is 0 Å². The quantitative estimate of drug-likeness (QED) is 0.199. The first kappa shape index (κ1) is 24.5. The van der Waals surface area contributed by atoms with Crippen molar-refractivity contribution in [3.05, 3.63) is 47.8 Å². The largest absolute Gasteiger partial charge is 0.449 e. The molecule has 1 rings (SSSR count). The van der Waals surface area contributed by atoms with Gasteiger partial charge in [0.25, 0.3) is 0 Å². The molecule has 0 aliphatic heterocycles. The Morgan fingerprint density at radius 2 is 1.52 bits per heavy atom. The van der Waals surface area contributed by atoms with Gasteiger partial charge in [-0.2, -0.15) is 26.3 Å². The minimum Gasteiger partial charge on any atom is -0.390 e. The Balaban J connectivity index is 0.000000501. The van der Waals surface area contributed by atoms with E-state index in [2.05, 4.69) is 22.9 Å². The lowest BCUT2D eigenvalue weighted by molar-refractivity contribution is -0.149. The first-order chi connectivity index (χ1) is 12.1. The fourth-order valence-electron chi connectivity index (χ4n) is 1.25. The molecule has 0 saturated carbocycles. The molecule has 5 nitrogen and oxygen atoms in total. The van der Waals surface area contributed by atoms with Crippen LogP contribution >= 0.6 is 12.2 Å². The lowest BCUT2D eigenvalue weighted by atomic mass is 10.1. The van der Waals surface area contributed by atoms with Crippen LogP contribution in [0.1, 0.15) is 11.6 Å². The number of thiocarbonyl (C=S) groups is 1. The monoisotopic (exact) mass is 417 g/mol. The minimum absolute atomic E-state index is 0.0597. The Morgan fingerprint density at radius 1 is 1.04 bits per heavy atom. The van der Waals surface area contributed by atoms with Crippen molar-refractivity contribution >= 4 is 28.9 Å². The molecule has 0 heterocycles. The van der Waals surface area contributed by atoms with Crippen LogP contribution in [0, 0.1) is 11.2 Å². The van der Waals surface area contributed by atoms with Crippen molar-refractivity contribution in [2.24, 2.45) is 22.2 Å². The molecular weight excluding hydrogens is 403 g/mol. The molecule has 0 unspecified atom stereocenters. The van der Waals surface area contributed by atoms with Crippen molar-refractivity contribution in [2.45, 2.75) is 18.4 Å². The molecule has 0 aromatic heterocycles. The summed E-state index contributed by atoms with van der Waals surface area (Å²) in [6.07, 6.45) is -7.23. The van der Waals surface area contributed by atoms with E-state index in [-0.39, 0.29) is 10.6 Å². The van der Waals surface area contributed by atoms with Crippen LogP contribution in [0.2, 0.25) is 0 Å². The number of nitrogens with zero attached hydrogens (tertiary/aromatic N) is 1. The standard InChI is InChI=1S/C8H7F4N.C6H7F3N4S/c9-6-3-1-5(2-4-6)7(13)8(10,11)12;7-6(8,9)5(12)13-3(10)1-2-4(11)14/h1-4,7H,13H2;1-2H,(H2,11,14)(H3,10,12,13)/b;2-1-/t7-;/m1./s1. The van der Waals surface area contributed by atoms with Gasteiger partial charge >= 0.3 is 12.4 Å². The summed E-state index contributed by atoms with van der Waals surface area (Å²) in [7, 11) is 0. The smallest absolute Gasteiger partial charge is 0.390 e. The molecule has 0 aliphatic rings. The topological polar surface area (TPSA) is 114 Å². The van der Waals surface area contributed by atoms with E-state index in [1.807, 2.05) is 0 Å². The van der Waals surface area contributed by atoms with Crippen LogP contribution in [0.4, 0.5) is 30.7 Å². The molecular formula is C14H14F7N5S. The number of nitrogens with one attached hydrogen (secondary N) is 1. The van der Waals surface area contributed by atoms with Crippen LogP contribution in [0.25, 0.3) is 0 Å². The third-order valence-electron chi connectivity index (χ3n) is 2.52. The van der Waals surface area contributed by atoms with Crippen molar-refractivity contribution in [3.8, 4) is 0 Å². The van der Waals surface area contributed by atoms with Gasteiger partial charge in [-0.05, 0) is 29.8 Å². The van der Waals surface area contributed by atoms with Crippen LogP contribution in [0.3, 0.4) is 0 Å². The highest BCUT2D eigenvalue weighted by molar-refractivity contribution is 7.80. The molecule has 27 heavy (non-hydrogen) atoms. The summed E-state index contributed by atoms with van der Waals surface area (Å²) in [5.41, 5.74) is 14.3. The highest BCUT2D eigenvalue weighted by atomic mass is 32.1. The minimum atomic E-state index is -4.73. The van der Waals surface area contributed by atoms with Gasteiger partial charge in [0.1, 0.15) is 17.7 Å². The number of rotatable bonds is 3. The molecule has 0 bridgehead atoms. The van der Waals surface area contributed by atoms with Crippen molar-refractivity contribution in [1.82, 2.24) is 0 Å². The van der Waals surface area contributed by atoms with E-state index < -0.39 is 35.9 Å². The Bertz CT molecular complexity index is 708. The van der Waals surface area contributed by atoms with Gasteiger partial charge < -0.3 is 17.2 Å². The van der Waals surface area contributed by atoms with Gasteiger partial charge in [-0.15, -0.1) is 0 Å². The number of halogens is 7. The zero-order chi connectivity index (χ0) is 21.4. The third-order valence-corrected chi connectivity index (χ3v) is 2.65. The van der Waals surface area contributed by atoms with Crippen LogP contribution in [0.5, 0.6) is 0 Å². The Hall–Kier alpha value is -2.54. The van der Waals surface area contributed by atoms with Crippen LogP contribution < -0.4 is 17.2 Å². The van der Waals surface area contributed by atoms with Gasteiger partial charge in [0.15, 0.2) is 0 Å². The number of hydrogen-bond acceptors (Lipinski definition) is 3. The van der Waals surface area contributed by atoms with Gasteiger partial charge in [-0.1, -0.05) is 24.4 Å². The number of alkyl halides is 6. The van der Waals surface area contributed by atoms with Gasteiger partial charge in [0, 0.05) is 0 Å². The molecule has 0 aliphatic carbocycles. The maximum Gasteiger partial charge on any atom is 0.449 e. The highest BCUT2D eigenvalue weighted by Crippen LogP contribution is 2.30. The zero-order valence-corrected chi connectivity index (χ0v) is 14.1. The second-order valence-corrected chi connectivity index (χ2v) is 5.16. The van der Waals surface area contributed by atoms with E-state index in [4.69, 9.17) is 16.9 Å². The summed E-state index contributed by atoms with van der Waals surface area (Å²) in [5, 5.41) is 6.92. The summed E-state index contributed by atoms with van der Waals surface area (Å²) in [6.45, 7) is 0. The third kappa shape index (κ3) is 10.3. The average Bonchev–Trinajstić information content (AvgIpc) is 2.52. The molecule has 1 aromatic carbocycles. The molecule has 150 valence electrons. The summed E-state index contributed by atoms with van der Waals surface area (Å²) in [4.78, 5) is 2.71. The Morgan fingerprint density at radius 3 is 1.89 bits per heavy atom. The summed E-state index contributed by atoms with van der Waals surface area (Å²) < 4.78 is 83.7. The molecule has 0 radical (unpaired) electrons. The van der Waals surface area contributed by atoms with E-state index >= 15 is 0 Å². The maximum atomic E-state index is 12.3. The fourth-order valence-corrected chi connectivity index (χ4v) is 1.32. The van der Waals surface area contributed by atoms with Gasteiger partial charge in [-0.3, -0.25) is 5.41 Å². The molecule has 0 amide bonds. The number of hydrogen-bond donors (Lipinski definition) is 4. The van der Waals surface area contributed by atoms with Crippen molar-refractivity contribution < 1.29 is 30.7 Å². The first-order valence-electron chi connectivity index (χ1n) is 6.69. The second kappa shape index (κ2) is 9.97. The average molecular weight is 417 g/mol. The molecule has 0 fully saturated rings. The highest BCUT2D eigenvalue weighted by Gasteiger charge is 2.37. The predicted octanol–water partition coefficient (Wildman–Crippen LogP) is 3.11. The van der Waals surface area contributed by atoms with Crippen molar-refractivity contribution in [2.75, 3.05) is 0 Å². The fraction of sp³-hybridized carbons (Fsp3) is 0.214. The lowest BCUT2D eigenvalue weighted by Crippen LogP contribution is -2.32. The summed E-state index contributed by atoms with van der Waals surface area (Å²) in [6, 6.07) is 1.89. The zero-order valence-electron chi connectivity index (χ0n) is 13.3. The molecule has 0 spiro atoms. The van der Waals surface area contributed by atoms with Crippen LogP contribution in [0.15, 0.2) is 41.4 Å². The number of benzene rings is 1. The molecule has 7 N–H and O–H groups in total.